The van der Waals surface area contributed by atoms with Gasteiger partial charge in [0, 0.05) is 34.6 Å². The van der Waals surface area contributed by atoms with E-state index in [2.05, 4.69) is 75.6 Å². The molecule has 2 atom stereocenters. The van der Waals surface area contributed by atoms with Crippen molar-refractivity contribution in [1.82, 2.24) is 14.9 Å². The maximum atomic E-state index is 11.7. The summed E-state index contributed by atoms with van der Waals surface area (Å²) in [7, 11) is -3.37. The summed E-state index contributed by atoms with van der Waals surface area (Å²) >= 11 is 5.88. The van der Waals surface area contributed by atoms with E-state index in [0.717, 1.165) is 41.0 Å². The fourth-order valence-corrected chi connectivity index (χ4v) is 6.25. The molecule has 0 saturated carbocycles. The average Bonchev–Trinajstić information content (AvgIpc) is 3.39. The Kier molecular flexibility index (Phi) is 6.98. The van der Waals surface area contributed by atoms with Crippen molar-refractivity contribution in [2.24, 2.45) is 0 Å². The predicted octanol–water partition coefficient (Wildman–Crippen LogP) is 5.60. The number of hydrogen-bond donors (Lipinski definition) is 2. The molecule has 7 nitrogen and oxygen atoms in total. The van der Waals surface area contributed by atoms with E-state index < -0.39 is 10.0 Å². The molecule has 0 radical (unpaired) electrons. The summed E-state index contributed by atoms with van der Waals surface area (Å²) < 4.78 is 28.3. The van der Waals surface area contributed by atoms with Crippen LogP contribution in [0.15, 0.2) is 79.0 Å². The summed E-state index contributed by atoms with van der Waals surface area (Å²) in [6.45, 7) is 6.46. The molecule has 1 fully saturated rings. The number of aryl methyl sites for hydroxylation is 2. The summed E-state index contributed by atoms with van der Waals surface area (Å²) in [5, 5.41) is 4.10. The van der Waals surface area contributed by atoms with E-state index in [1.54, 1.807) is 18.3 Å². The molecule has 0 amide bonds. The van der Waals surface area contributed by atoms with Gasteiger partial charge in [-0.2, -0.15) is 0 Å². The van der Waals surface area contributed by atoms with Crippen molar-refractivity contribution in [3.63, 3.8) is 0 Å². The summed E-state index contributed by atoms with van der Waals surface area (Å²) in [6, 6.07) is 23.6. The lowest BCUT2D eigenvalue weighted by Crippen LogP contribution is -2.29. The molecule has 0 unspecified atom stereocenters. The highest BCUT2D eigenvalue weighted by Gasteiger charge is 2.42. The molecule has 1 aliphatic rings. The van der Waals surface area contributed by atoms with Gasteiger partial charge in [0.25, 0.3) is 0 Å². The van der Waals surface area contributed by atoms with Gasteiger partial charge >= 0.3 is 0 Å². The van der Waals surface area contributed by atoms with Crippen LogP contribution in [-0.2, 0) is 16.4 Å². The molecule has 2 aromatic heterocycles. The van der Waals surface area contributed by atoms with Gasteiger partial charge in [-0.15, -0.1) is 0 Å². The van der Waals surface area contributed by atoms with E-state index in [-0.39, 0.29) is 12.1 Å². The summed E-state index contributed by atoms with van der Waals surface area (Å²) in [6.07, 6.45) is 3.88. The third-order valence-electron chi connectivity index (χ3n) is 6.95. The van der Waals surface area contributed by atoms with Gasteiger partial charge in [0.2, 0.25) is 10.0 Å². The number of rotatable bonds is 7. The fraction of sp³-hybridized carbons (Fsp3) is 0.241. The van der Waals surface area contributed by atoms with Crippen LogP contribution in [0.25, 0.3) is 5.69 Å². The van der Waals surface area contributed by atoms with Gasteiger partial charge in [-0.05, 0) is 92.1 Å². The topological polar surface area (TPSA) is 79.3 Å². The van der Waals surface area contributed by atoms with Gasteiger partial charge in [0.1, 0.15) is 0 Å². The minimum absolute atomic E-state index is 0.167. The number of anilines is 2. The Bertz CT molecular complexity index is 1580. The van der Waals surface area contributed by atoms with Crippen molar-refractivity contribution in [1.29, 1.82) is 0 Å². The van der Waals surface area contributed by atoms with Gasteiger partial charge in [-0.25, -0.2) is 8.42 Å². The highest BCUT2D eigenvalue weighted by Crippen LogP contribution is 2.44. The molecule has 5 rings (SSSR count). The number of pyridine rings is 1. The first kappa shape index (κ1) is 25.9. The SMILES string of the molecule is CCc1ccccc1-n1c(C)cc([C@@H]2[C@@H](c3ccccn3)NC(=S)N2c2ccc(NS(C)(=O)=O)cc2)c1C. The van der Waals surface area contributed by atoms with E-state index in [0.29, 0.717) is 10.8 Å². The van der Waals surface area contributed by atoms with Crippen LogP contribution >= 0.6 is 12.2 Å². The van der Waals surface area contributed by atoms with Gasteiger partial charge < -0.3 is 14.8 Å². The largest absolute Gasteiger partial charge is 0.351 e. The highest BCUT2D eigenvalue weighted by molar-refractivity contribution is 7.92. The molecule has 0 bridgehead atoms. The van der Waals surface area contributed by atoms with E-state index in [1.807, 2.05) is 30.3 Å². The molecule has 1 saturated heterocycles. The maximum Gasteiger partial charge on any atom is 0.229 e. The van der Waals surface area contributed by atoms with Crippen LogP contribution in [0, 0.1) is 13.8 Å². The third kappa shape index (κ3) is 4.91. The maximum absolute atomic E-state index is 11.7. The van der Waals surface area contributed by atoms with Crippen LogP contribution < -0.4 is 14.9 Å². The van der Waals surface area contributed by atoms with Crippen LogP contribution in [0.3, 0.4) is 0 Å². The molecule has 196 valence electrons. The monoisotopic (exact) mass is 545 g/mol. The van der Waals surface area contributed by atoms with E-state index in [1.165, 1.54) is 11.3 Å². The minimum atomic E-state index is -3.37. The Morgan fingerprint density at radius 1 is 1.03 bits per heavy atom. The van der Waals surface area contributed by atoms with Crippen molar-refractivity contribution < 1.29 is 8.42 Å². The molecule has 1 aliphatic heterocycles. The number of nitrogens with one attached hydrogen (secondary N) is 2. The number of para-hydroxylation sites is 1. The van der Waals surface area contributed by atoms with Gasteiger partial charge in [0.05, 0.1) is 24.0 Å². The zero-order chi connectivity index (χ0) is 27.0. The predicted molar refractivity (Wildman–Crippen MR) is 157 cm³/mol. The Morgan fingerprint density at radius 2 is 1.74 bits per heavy atom. The second-order valence-electron chi connectivity index (χ2n) is 9.56. The van der Waals surface area contributed by atoms with E-state index in [4.69, 9.17) is 12.2 Å². The second kappa shape index (κ2) is 10.2. The lowest BCUT2D eigenvalue weighted by Gasteiger charge is -2.28. The molecule has 4 aromatic rings. The number of benzene rings is 2. The Balaban J connectivity index is 1.64. The minimum Gasteiger partial charge on any atom is -0.351 e. The highest BCUT2D eigenvalue weighted by atomic mass is 32.2. The fourth-order valence-electron chi connectivity index (χ4n) is 5.34. The molecule has 2 aromatic carbocycles. The molecular formula is C29H31N5O2S2. The number of aromatic nitrogens is 2. The summed E-state index contributed by atoms with van der Waals surface area (Å²) in [4.78, 5) is 6.77. The van der Waals surface area contributed by atoms with Gasteiger partial charge in [0.15, 0.2) is 5.11 Å². The van der Waals surface area contributed by atoms with Crippen molar-refractivity contribution in [2.75, 3.05) is 15.9 Å². The van der Waals surface area contributed by atoms with Crippen molar-refractivity contribution >= 4 is 38.7 Å². The first-order valence-corrected chi connectivity index (χ1v) is 14.8. The Labute approximate surface area is 229 Å². The first-order valence-electron chi connectivity index (χ1n) is 12.5. The lowest BCUT2D eigenvalue weighted by molar-refractivity contribution is 0.565. The average molecular weight is 546 g/mol. The molecule has 9 heteroatoms. The number of thiocarbonyl (C=S) groups is 1. The quantitative estimate of drug-likeness (QED) is 0.294. The lowest BCUT2D eigenvalue weighted by atomic mass is 9.96. The molecule has 3 heterocycles. The zero-order valence-corrected chi connectivity index (χ0v) is 23.5. The van der Waals surface area contributed by atoms with Gasteiger partial charge in [-0.3, -0.25) is 9.71 Å². The van der Waals surface area contributed by atoms with Crippen molar-refractivity contribution in [3.05, 3.63) is 107 Å². The van der Waals surface area contributed by atoms with Crippen LogP contribution in [0.5, 0.6) is 0 Å². The molecule has 38 heavy (non-hydrogen) atoms. The van der Waals surface area contributed by atoms with Crippen LogP contribution in [-0.4, -0.2) is 29.3 Å². The molecule has 0 spiro atoms. The van der Waals surface area contributed by atoms with Crippen LogP contribution in [0.2, 0.25) is 0 Å². The smallest absolute Gasteiger partial charge is 0.229 e. The normalized spacial score (nSPS) is 17.5. The van der Waals surface area contributed by atoms with E-state index in [9.17, 15) is 8.42 Å². The standard InChI is InChI=1S/C29H31N5O2S2/c1-5-21-10-6-7-12-26(21)33-19(2)18-24(20(33)3)28-27(25-11-8-9-17-30-25)31-29(37)34(28)23-15-13-22(14-16-23)32-38(4,35)36/h6-18,27-28,32H,5H2,1-4H3,(H,31,37)/t27-,28-/m1/s1. The van der Waals surface area contributed by atoms with Crippen LogP contribution in [0.1, 0.15) is 47.2 Å². The second-order valence-corrected chi connectivity index (χ2v) is 11.7. The number of nitrogens with zero attached hydrogens (tertiary/aromatic N) is 3. The van der Waals surface area contributed by atoms with Crippen LogP contribution in [0.4, 0.5) is 11.4 Å². The zero-order valence-electron chi connectivity index (χ0n) is 21.8. The summed E-state index contributed by atoms with van der Waals surface area (Å²) in [5.41, 5.74) is 8.16. The van der Waals surface area contributed by atoms with E-state index >= 15 is 0 Å². The summed E-state index contributed by atoms with van der Waals surface area (Å²) in [5.74, 6) is 0. The molecule has 0 aliphatic carbocycles. The van der Waals surface area contributed by atoms with Crippen molar-refractivity contribution in [3.8, 4) is 5.69 Å². The number of sulfonamides is 1. The third-order valence-corrected chi connectivity index (χ3v) is 7.87. The molecular weight excluding hydrogens is 514 g/mol. The van der Waals surface area contributed by atoms with Gasteiger partial charge in [-0.1, -0.05) is 31.2 Å². The number of hydrogen-bond acceptors (Lipinski definition) is 4. The van der Waals surface area contributed by atoms with Crippen molar-refractivity contribution in [2.45, 2.75) is 39.3 Å². The Hall–Kier alpha value is -3.69. The first-order chi connectivity index (χ1) is 18.2. The Morgan fingerprint density at radius 3 is 2.39 bits per heavy atom. The molecule has 2 N–H and O–H groups in total.